The van der Waals surface area contributed by atoms with E-state index in [9.17, 15) is 9.59 Å². The van der Waals surface area contributed by atoms with E-state index in [0.717, 1.165) is 10.9 Å². The van der Waals surface area contributed by atoms with Crippen LogP contribution in [0.5, 0.6) is 0 Å². The number of nitrogens with one attached hydrogen (secondary N) is 1. The van der Waals surface area contributed by atoms with Gasteiger partial charge in [0.25, 0.3) is 11.5 Å². The Morgan fingerprint density at radius 2 is 1.48 bits per heavy atom. The topological polar surface area (TPSA) is 64.0 Å². The monoisotopic (exact) mass is 415 g/mol. The standard InChI is InChI=1S/C22H17N3O2.2C2H6/c26-21(24-19-12-6-7-14-23-19)20(17-9-2-1-3-10-17)25-15-13-16-8-4-5-11-18(16)22(25)27;2*1-2/h1-15,20H,(H,23,24,26);2*1-2H3. The maximum absolute atomic E-state index is 13.1. The molecule has 0 saturated heterocycles. The second-order valence-electron chi connectivity index (χ2n) is 6.13. The van der Waals surface area contributed by atoms with Crippen molar-refractivity contribution in [2.75, 3.05) is 5.32 Å². The van der Waals surface area contributed by atoms with Crippen molar-refractivity contribution in [2.24, 2.45) is 0 Å². The van der Waals surface area contributed by atoms with Crippen molar-refractivity contribution in [3.05, 3.63) is 107 Å². The van der Waals surface area contributed by atoms with Crippen molar-refractivity contribution in [1.29, 1.82) is 0 Å². The SMILES string of the molecule is CC.CC.O=C(Nc1ccccn1)C(c1ccccc1)n1ccc2ccccc2c1=O. The van der Waals surface area contributed by atoms with Crippen molar-refractivity contribution in [3.63, 3.8) is 0 Å². The Labute approximate surface area is 183 Å². The fraction of sp³-hybridized carbons (Fsp3) is 0.192. The molecule has 0 fully saturated rings. The molecule has 2 aromatic heterocycles. The number of aromatic nitrogens is 2. The predicted octanol–water partition coefficient (Wildman–Crippen LogP) is 5.68. The largest absolute Gasteiger partial charge is 0.309 e. The molecule has 0 saturated carbocycles. The second kappa shape index (κ2) is 12.1. The number of pyridine rings is 2. The van der Waals surface area contributed by atoms with Crippen molar-refractivity contribution in [1.82, 2.24) is 9.55 Å². The van der Waals surface area contributed by atoms with Gasteiger partial charge in [0.05, 0.1) is 0 Å². The van der Waals surface area contributed by atoms with E-state index in [2.05, 4.69) is 10.3 Å². The zero-order valence-corrected chi connectivity index (χ0v) is 18.4. The van der Waals surface area contributed by atoms with Crippen LogP contribution in [-0.2, 0) is 4.79 Å². The van der Waals surface area contributed by atoms with Crippen molar-refractivity contribution < 1.29 is 4.79 Å². The summed E-state index contributed by atoms with van der Waals surface area (Å²) in [6, 6.07) is 22.9. The number of hydrogen-bond donors (Lipinski definition) is 1. The lowest BCUT2D eigenvalue weighted by molar-refractivity contribution is -0.118. The summed E-state index contributed by atoms with van der Waals surface area (Å²) in [7, 11) is 0. The number of anilines is 1. The zero-order chi connectivity index (χ0) is 22.6. The van der Waals surface area contributed by atoms with Crippen molar-refractivity contribution >= 4 is 22.5 Å². The average Bonchev–Trinajstić information content (AvgIpc) is 2.85. The molecule has 2 heterocycles. The normalized spacial score (nSPS) is 10.7. The first-order chi connectivity index (χ1) is 15.2. The van der Waals surface area contributed by atoms with Gasteiger partial charge in [0.15, 0.2) is 0 Å². The van der Waals surface area contributed by atoms with Gasteiger partial charge in [-0.1, -0.05) is 82.3 Å². The third-order valence-corrected chi connectivity index (χ3v) is 4.40. The summed E-state index contributed by atoms with van der Waals surface area (Å²) in [6.07, 6.45) is 3.27. The van der Waals surface area contributed by atoms with Crippen LogP contribution in [-0.4, -0.2) is 15.5 Å². The molecule has 0 aliphatic rings. The van der Waals surface area contributed by atoms with E-state index in [4.69, 9.17) is 0 Å². The van der Waals surface area contributed by atoms with Gasteiger partial charge in [-0.05, 0) is 35.2 Å². The van der Waals surface area contributed by atoms with Gasteiger partial charge in [-0.2, -0.15) is 0 Å². The Morgan fingerprint density at radius 1 is 0.839 bits per heavy atom. The minimum atomic E-state index is -0.801. The minimum absolute atomic E-state index is 0.210. The zero-order valence-electron chi connectivity index (χ0n) is 18.4. The van der Waals surface area contributed by atoms with Crippen LogP contribution >= 0.6 is 0 Å². The molecular formula is C26H29N3O2. The van der Waals surface area contributed by atoms with Crippen molar-refractivity contribution in [3.8, 4) is 0 Å². The Kier molecular flexibility index (Phi) is 9.17. The first-order valence-electron chi connectivity index (χ1n) is 10.6. The second-order valence-corrected chi connectivity index (χ2v) is 6.13. The van der Waals surface area contributed by atoms with E-state index >= 15 is 0 Å². The third kappa shape index (κ3) is 5.66. The molecule has 160 valence electrons. The van der Waals surface area contributed by atoms with Gasteiger partial charge in [-0.3, -0.25) is 14.2 Å². The Morgan fingerprint density at radius 3 is 2.16 bits per heavy atom. The number of carbonyl (C=O) groups is 1. The highest BCUT2D eigenvalue weighted by molar-refractivity contribution is 5.95. The van der Waals surface area contributed by atoms with Crippen LogP contribution in [0.4, 0.5) is 5.82 Å². The van der Waals surface area contributed by atoms with Crippen LogP contribution in [0.15, 0.2) is 96.1 Å². The van der Waals surface area contributed by atoms with Crippen LogP contribution in [0.25, 0.3) is 10.8 Å². The number of carbonyl (C=O) groups excluding carboxylic acids is 1. The molecule has 1 atom stereocenters. The summed E-state index contributed by atoms with van der Waals surface area (Å²) >= 11 is 0. The number of fused-ring (bicyclic) bond motifs is 1. The van der Waals surface area contributed by atoms with Crippen LogP contribution in [0, 0.1) is 0 Å². The molecule has 1 N–H and O–H groups in total. The van der Waals surface area contributed by atoms with Crippen LogP contribution < -0.4 is 10.9 Å². The fourth-order valence-corrected chi connectivity index (χ4v) is 3.11. The first-order valence-corrected chi connectivity index (χ1v) is 10.6. The summed E-state index contributed by atoms with van der Waals surface area (Å²) in [6.45, 7) is 8.00. The summed E-state index contributed by atoms with van der Waals surface area (Å²) in [5.74, 6) is 0.120. The smallest absolute Gasteiger partial charge is 0.259 e. The molecule has 0 aliphatic carbocycles. The Balaban J connectivity index is 0.000000807. The van der Waals surface area contributed by atoms with Gasteiger partial charge in [0.2, 0.25) is 0 Å². The molecule has 5 nitrogen and oxygen atoms in total. The van der Waals surface area contributed by atoms with E-state index in [1.807, 2.05) is 82.3 Å². The minimum Gasteiger partial charge on any atom is -0.309 e. The van der Waals surface area contributed by atoms with E-state index in [1.165, 1.54) is 4.57 Å². The van der Waals surface area contributed by atoms with E-state index < -0.39 is 6.04 Å². The molecule has 5 heteroatoms. The first kappa shape index (κ1) is 23.5. The molecular weight excluding hydrogens is 386 g/mol. The summed E-state index contributed by atoms with van der Waals surface area (Å²) in [5, 5.41) is 4.22. The maximum Gasteiger partial charge on any atom is 0.259 e. The van der Waals surface area contributed by atoms with Crippen LogP contribution in [0.1, 0.15) is 39.3 Å². The van der Waals surface area contributed by atoms with E-state index in [-0.39, 0.29) is 11.5 Å². The number of benzene rings is 2. The van der Waals surface area contributed by atoms with E-state index in [1.54, 1.807) is 36.7 Å². The van der Waals surface area contributed by atoms with E-state index in [0.29, 0.717) is 11.2 Å². The molecule has 1 unspecified atom stereocenters. The number of rotatable bonds is 4. The van der Waals surface area contributed by atoms with Crippen LogP contribution in [0.2, 0.25) is 0 Å². The van der Waals surface area contributed by atoms with Gasteiger partial charge >= 0.3 is 0 Å². The molecule has 1 amide bonds. The van der Waals surface area contributed by atoms with Crippen LogP contribution in [0.3, 0.4) is 0 Å². The van der Waals surface area contributed by atoms with Gasteiger partial charge in [0, 0.05) is 17.8 Å². The lowest BCUT2D eigenvalue weighted by Gasteiger charge is -2.20. The lowest BCUT2D eigenvalue weighted by Crippen LogP contribution is -2.34. The molecule has 0 radical (unpaired) electrons. The molecule has 4 rings (SSSR count). The number of nitrogens with zero attached hydrogens (tertiary/aromatic N) is 2. The fourth-order valence-electron chi connectivity index (χ4n) is 3.11. The van der Waals surface area contributed by atoms with Gasteiger partial charge < -0.3 is 5.32 Å². The molecule has 0 aliphatic heterocycles. The summed E-state index contributed by atoms with van der Waals surface area (Å²) < 4.78 is 1.47. The highest BCUT2D eigenvalue weighted by Crippen LogP contribution is 2.20. The average molecular weight is 416 g/mol. The quantitative estimate of drug-likeness (QED) is 0.467. The molecule has 0 bridgehead atoms. The van der Waals surface area contributed by atoms with Gasteiger partial charge in [0.1, 0.15) is 11.9 Å². The molecule has 31 heavy (non-hydrogen) atoms. The molecule has 0 spiro atoms. The molecule has 2 aromatic carbocycles. The molecule has 4 aromatic rings. The number of amides is 1. The number of hydrogen-bond acceptors (Lipinski definition) is 3. The van der Waals surface area contributed by atoms with Gasteiger partial charge in [-0.25, -0.2) is 4.98 Å². The maximum atomic E-state index is 13.1. The third-order valence-electron chi connectivity index (χ3n) is 4.40. The predicted molar refractivity (Wildman–Crippen MR) is 128 cm³/mol. The Bertz CT molecular complexity index is 1140. The lowest BCUT2D eigenvalue weighted by atomic mass is 10.0. The highest BCUT2D eigenvalue weighted by atomic mass is 16.2. The summed E-state index contributed by atoms with van der Waals surface area (Å²) in [5.41, 5.74) is 0.515. The van der Waals surface area contributed by atoms with Crippen molar-refractivity contribution in [2.45, 2.75) is 33.7 Å². The van der Waals surface area contributed by atoms with Gasteiger partial charge in [-0.15, -0.1) is 0 Å². The summed E-state index contributed by atoms with van der Waals surface area (Å²) in [4.78, 5) is 30.3. The highest BCUT2D eigenvalue weighted by Gasteiger charge is 2.24. The Hall–Kier alpha value is -3.73.